The second kappa shape index (κ2) is 7.82. The zero-order valence-electron chi connectivity index (χ0n) is 11.9. The van der Waals surface area contributed by atoms with Gasteiger partial charge in [0.05, 0.1) is 16.1 Å². The van der Waals surface area contributed by atoms with Gasteiger partial charge in [-0.15, -0.1) is 0 Å². The van der Waals surface area contributed by atoms with Gasteiger partial charge < -0.3 is 10.1 Å². The quantitative estimate of drug-likeness (QED) is 0.860. The Kier molecular flexibility index (Phi) is 5.79. The van der Waals surface area contributed by atoms with Crippen molar-refractivity contribution in [3.8, 4) is 11.8 Å². The smallest absolute Gasteiger partial charge is 0.138 e. The minimum atomic E-state index is 0.480. The Balaban J connectivity index is 2.09. The maximum Gasteiger partial charge on any atom is 0.138 e. The van der Waals surface area contributed by atoms with Gasteiger partial charge in [-0.05, 0) is 46.2 Å². The van der Waals surface area contributed by atoms with E-state index in [4.69, 9.17) is 10.00 Å². The highest BCUT2D eigenvalue weighted by Gasteiger charge is 2.08. The molecule has 3 nitrogen and oxygen atoms in total. The Morgan fingerprint density at radius 2 is 1.95 bits per heavy atom. The summed E-state index contributed by atoms with van der Waals surface area (Å²) in [5.41, 5.74) is 2.83. The second-order valence-corrected chi connectivity index (χ2v) is 5.46. The summed E-state index contributed by atoms with van der Waals surface area (Å²) in [5, 5.41) is 12.1. The molecule has 0 fully saturated rings. The zero-order chi connectivity index (χ0) is 15.1. The summed E-state index contributed by atoms with van der Waals surface area (Å²) in [5.74, 6) is 0.864. The van der Waals surface area contributed by atoms with Gasteiger partial charge in [0.2, 0.25) is 0 Å². The number of rotatable bonds is 6. The summed E-state index contributed by atoms with van der Waals surface area (Å²) in [6, 6.07) is 15.6. The molecule has 0 amide bonds. The van der Waals surface area contributed by atoms with Gasteiger partial charge in [-0.25, -0.2) is 0 Å². The average Bonchev–Trinajstić information content (AvgIpc) is 2.52. The molecular weight excluding hydrogens is 328 g/mol. The van der Waals surface area contributed by atoms with Crippen molar-refractivity contribution in [3.05, 3.63) is 63.6 Å². The lowest BCUT2D eigenvalue weighted by molar-refractivity contribution is 0.300. The van der Waals surface area contributed by atoms with Gasteiger partial charge in [0.15, 0.2) is 0 Å². The molecule has 0 saturated carbocycles. The Hall–Kier alpha value is -1.83. The molecule has 0 aliphatic heterocycles. The Morgan fingerprint density at radius 1 is 1.19 bits per heavy atom. The molecule has 21 heavy (non-hydrogen) atoms. The van der Waals surface area contributed by atoms with Gasteiger partial charge in [-0.2, -0.15) is 5.26 Å². The van der Waals surface area contributed by atoms with Crippen LogP contribution in [-0.2, 0) is 13.2 Å². The van der Waals surface area contributed by atoms with E-state index in [1.165, 1.54) is 0 Å². The SMILES string of the molecule is CCNCc1cccc(Br)c1OCc1ccc(C#N)cc1. The molecule has 4 heteroatoms. The highest BCUT2D eigenvalue weighted by molar-refractivity contribution is 9.10. The first-order valence-corrected chi connectivity index (χ1v) is 7.64. The number of nitrogens with zero attached hydrogens (tertiary/aromatic N) is 1. The molecule has 0 spiro atoms. The Morgan fingerprint density at radius 3 is 2.62 bits per heavy atom. The van der Waals surface area contributed by atoms with Gasteiger partial charge in [-0.1, -0.05) is 31.2 Å². The molecule has 0 aliphatic carbocycles. The molecular formula is C17H17BrN2O. The van der Waals surface area contributed by atoms with E-state index >= 15 is 0 Å². The lowest BCUT2D eigenvalue weighted by Gasteiger charge is -2.13. The number of ether oxygens (including phenoxy) is 1. The molecule has 2 aromatic carbocycles. The van der Waals surface area contributed by atoms with Crippen LogP contribution >= 0.6 is 15.9 Å². The van der Waals surface area contributed by atoms with Crippen LogP contribution in [0.1, 0.15) is 23.6 Å². The first-order valence-electron chi connectivity index (χ1n) is 6.84. The van der Waals surface area contributed by atoms with Gasteiger partial charge in [-0.3, -0.25) is 0 Å². The summed E-state index contributed by atoms with van der Waals surface area (Å²) >= 11 is 3.54. The molecule has 0 radical (unpaired) electrons. The highest BCUT2D eigenvalue weighted by Crippen LogP contribution is 2.29. The van der Waals surface area contributed by atoms with E-state index in [-0.39, 0.29) is 0 Å². The van der Waals surface area contributed by atoms with Crippen molar-refractivity contribution in [1.29, 1.82) is 5.26 Å². The molecule has 0 unspecified atom stereocenters. The predicted molar refractivity (Wildman–Crippen MR) is 87.0 cm³/mol. The van der Waals surface area contributed by atoms with Gasteiger partial charge in [0.25, 0.3) is 0 Å². The highest BCUT2D eigenvalue weighted by atomic mass is 79.9. The topological polar surface area (TPSA) is 45.0 Å². The molecule has 2 aromatic rings. The first kappa shape index (κ1) is 15.6. The van der Waals surface area contributed by atoms with E-state index in [0.717, 1.165) is 34.4 Å². The molecule has 1 N–H and O–H groups in total. The van der Waals surface area contributed by atoms with Crippen LogP contribution in [-0.4, -0.2) is 6.54 Å². The lowest BCUT2D eigenvalue weighted by atomic mass is 10.1. The van der Waals surface area contributed by atoms with Gasteiger partial charge in [0, 0.05) is 12.1 Å². The second-order valence-electron chi connectivity index (χ2n) is 4.61. The minimum absolute atomic E-state index is 0.480. The fourth-order valence-corrected chi connectivity index (χ4v) is 2.47. The molecule has 0 aliphatic rings. The third kappa shape index (κ3) is 4.32. The van der Waals surface area contributed by atoms with E-state index < -0.39 is 0 Å². The van der Waals surface area contributed by atoms with Crippen LogP contribution in [0, 0.1) is 11.3 Å². The van der Waals surface area contributed by atoms with Crippen LogP contribution in [0.4, 0.5) is 0 Å². The van der Waals surface area contributed by atoms with Gasteiger partial charge >= 0.3 is 0 Å². The van der Waals surface area contributed by atoms with Crippen LogP contribution in [0.15, 0.2) is 46.9 Å². The fourth-order valence-electron chi connectivity index (χ4n) is 1.95. The van der Waals surface area contributed by atoms with Crippen LogP contribution in [0.3, 0.4) is 0 Å². The van der Waals surface area contributed by atoms with Gasteiger partial charge in [0.1, 0.15) is 12.4 Å². The maximum atomic E-state index is 8.80. The lowest BCUT2D eigenvalue weighted by Crippen LogP contribution is -2.13. The molecule has 0 saturated heterocycles. The molecule has 0 aromatic heterocycles. The Labute approximate surface area is 133 Å². The third-order valence-corrected chi connectivity index (χ3v) is 3.70. The predicted octanol–water partition coefficient (Wildman–Crippen LogP) is 4.01. The van der Waals surface area contributed by atoms with Crippen LogP contribution in [0.2, 0.25) is 0 Å². The number of para-hydroxylation sites is 1. The van der Waals surface area contributed by atoms with E-state index in [1.54, 1.807) is 12.1 Å². The minimum Gasteiger partial charge on any atom is -0.487 e. The van der Waals surface area contributed by atoms with Crippen molar-refractivity contribution < 1.29 is 4.74 Å². The normalized spacial score (nSPS) is 10.1. The van der Waals surface area contributed by atoms with Crippen LogP contribution in [0.5, 0.6) is 5.75 Å². The third-order valence-electron chi connectivity index (χ3n) is 3.08. The van der Waals surface area contributed by atoms with Crippen molar-refractivity contribution in [3.63, 3.8) is 0 Å². The monoisotopic (exact) mass is 344 g/mol. The van der Waals surface area contributed by atoms with E-state index in [0.29, 0.717) is 12.2 Å². The number of benzene rings is 2. The van der Waals surface area contributed by atoms with Crippen LogP contribution < -0.4 is 10.1 Å². The number of nitriles is 1. The summed E-state index contributed by atoms with van der Waals surface area (Å²) in [4.78, 5) is 0. The maximum absolute atomic E-state index is 8.80. The fraction of sp³-hybridized carbons (Fsp3) is 0.235. The van der Waals surface area contributed by atoms with Crippen LogP contribution in [0.25, 0.3) is 0 Å². The summed E-state index contributed by atoms with van der Waals surface area (Å²) in [7, 11) is 0. The van der Waals surface area contributed by atoms with Crippen molar-refractivity contribution in [2.24, 2.45) is 0 Å². The molecule has 0 heterocycles. The summed E-state index contributed by atoms with van der Waals surface area (Å²) in [6.07, 6.45) is 0. The Bertz CT molecular complexity index is 632. The standard InChI is InChI=1S/C17H17BrN2O/c1-2-20-11-15-4-3-5-16(18)17(15)21-12-14-8-6-13(10-19)7-9-14/h3-9,20H,2,11-12H2,1H3. The van der Waals surface area contributed by atoms with Crippen molar-refractivity contribution >= 4 is 15.9 Å². The largest absolute Gasteiger partial charge is 0.487 e. The first-order chi connectivity index (χ1) is 10.2. The molecule has 2 rings (SSSR count). The average molecular weight is 345 g/mol. The number of hydrogen-bond donors (Lipinski definition) is 1. The zero-order valence-corrected chi connectivity index (χ0v) is 13.5. The number of nitrogens with one attached hydrogen (secondary N) is 1. The van der Waals surface area contributed by atoms with Crippen molar-refractivity contribution in [1.82, 2.24) is 5.32 Å². The van der Waals surface area contributed by atoms with Crippen molar-refractivity contribution in [2.45, 2.75) is 20.1 Å². The molecule has 108 valence electrons. The number of halogens is 1. The van der Waals surface area contributed by atoms with E-state index in [1.807, 2.05) is 24.3 Å². The number of hydrogen-bond acceptors (Lipinski definition) is 3. The summed E-state index contributed by atoms with van der Waals surface area (Å²) < 4.78 is 6.91. The summed E-state index contributed by atoms with van der Waals surface area (Å²) in [6.45, 7) is 4.25. The van der Waals surface area contributed by atoms with E-state index in [9.17, 15) is 0 Å². The molecule has 0 atom stereocenters. The van der Waals surface area contributed by atoms with E-state index in [2.05, 4.69) is 40.3 Å². The molecule has 0 bridgehead atoms. The van der Waals surface area contributed by atoms with Crippen molar-refractivity contribution in [2.75, 3.05) is 6.54 Å².